The predicted octanol–water partition coefficient (Wildman–Crippen LogP) is 3.39. The molecule has 0 unspecified atom stereocenters. The molecule has 2 aliphatic heterocycles. The minimum Gasteiger partial charge on any atom is -0.493 e. The van der Waals surface area contributed by atoms with Gasteiger partial charge in [0.15, 0.2) is 11.5 Å². The van der Waals surface area contributed by atoms with E-state index in [-0.39, 0.29) is 25.9 Å². The SMILES string of the molecule is COc1cc2nc(N3CCC(F)(F)CC3)nc(NC3CCN(C)CC3)c2cc1OC. The van der Waals surface area contributed by atoms with Gasteiger partial charge in [-0.3, -0.25) is 0 Å². The lowest BCUT2D eigenvalue weighted by atomic mass is 10.1. The second kappa shape index (κ2) is 8.37. The number of halogens is 2. The van der Waals surface area contributed by atoms with Gasteiger partial charge in [-0.15, -0.1) is 0 Å². The number of likely N-dealkylation sites (tertiary alicyclic amines) is 1. The van der Waals surface area contributed by atoms with Crippen molar-refractivity contribution >= 4 is 22.7 Å². The van der Waals surface area contributed by atoms with Crippen molar-refractivity contribution in [1.82, 2.24) is 14.9 Å². The number of methoxy groups -OCH3 is 2. The van der Waals surface area contributed by atoms with E-state index in [1.54, 1.807) is 14.2 Å². The monoisotopic (exact) mass is 421 g/mol. The summed E-state index contributed by atoms with van der Waals surface area (Å²) in [5.74, 6) is -0.252. The molecule has 0 spiro atoms. The van der Waals surface area contributed by atoms with Crippen LogP contribution < -0.4 is 19.7 Å². The number of rotatable bonds is 5. The Balaban J connectivity index is 1.72. The average Bonchev–Trinajstić information content (AvgIpc) is 2.74. The van der Waals surface area contributed by atoms with Crippen molar-refractivity contribution in [3.05, 3.63) is 12.1 Å². The summed E-state index contributed by atoms with van der Waals surface area (Å²) in [4.78, 5) is 13.6. The number of aromatic nitrogens is 2. The fraction of sp³-hybridized carbons (Fsp3) is 0.619. The molecule has 1 N–H and O–H groups in total. The Labute approximate surface area is 175 Å². The summed E-state index contributed by atoms with van der Waals surface area (Å²) in [5, 5.41) is 4.41. The Morgan fingerprint density at radius 2 is 1.63 bits per heavy atom. The van der Waals surface area contributed by atoms with Crippen LogP contribution in [0.15, 0.2) is 12.1 Å². The molecule has 2 aliphatic rings. The largest absolute Gasteiger partial charge is 0.493 e. The third-order valence-corrected chi connectivity index (χ3v) is 6.03. The second-order valence-electron chi connectivity index (χ2n) is 8.16. The molecular formula is C21H29F2N5O2. The summed E-state index contributed by atoms with van der Waals surface area (Å²) < 4.78 is 38.2. The van der Waals surface area contributed by atoms with E-state index in [2.05, 4.69) is 22.2 Å². The molecule has 0 atom stereocenters. The highest BCUT2D eigenvalue weighted by Gasteiger charge is 2.35. The maximum Gasteiger partial charge on any atom is 0.251 e. The van der Waals surface area contributed by atoms with Crippen molar-refractivity contribution in [2.75, 3.05) is 57.7 Å². The molecule has 2 fully saturated rings. The number of piperidine rings is 2. The predicted molar refractivity (Wildman–Crippen MR) is 113 cm³/mol. The first-order valence-electron chi connectivity index (χ1n) is 10.4. The minimum atomic E-state index is -2.61. The van der Waals surface area contributed by atoms with Crippen molar-refractivity contribution < 1.29 is 18.3 Å². The van der Waals surface area contributed by atoms with Gasteiger partial charge in [0.05, 0.1) is 19.7 Å². The van der Waals surface area contributed by atoms with Crippen LogP contribution in [0.2, 0.25) is 0 Å². The molecule has 1 aromatic heterocycles. The summed E-state index contributed by atoms with van der Waals surface area (Å²) >= 11 is 0. The number of anilines is 2. The zero-order valence-electron chi connectivity index (χ0n) is 17.8. The van der Waals surface area contributed by atoms with Crippen LogP contribution in [-0.2, 0) is 0 Å². The number of alkyl halides is 2. The fourth-order valence-corrected chi connectivity index (χ4v) is 4.07. The Morgan fingerprint density at radius 3 is 2.27 bits per heavy atom. The van der Waals surface area contributed by atoms with E-state index >= 15 is 0 Å². The Kier molecular flexibility index (Phi) is 5.81. The molecular weight excluding hydrogens is 392 g/mol. The van der Waals surface area contributed by atoms with Crippen LogP contribution in [0.4, 0.5) is 20.5 Å². The van der Waals surface area contributed by atoms with Gasteiger partial charge in [0.1, 0.15) is 5.82 Å². The maximum atomic E-state index is 13.6. The van der Waals surface area contributed by atoms with Crippen molar-refractivity contribution in [1.29, 1.82) is 0 Å². The molecule has 2 aromatic rings. The topological polar surface area (TPSA) is 62.8 Å². The number of fused-ring (bicyclic) bond motifs is 1. The van der Waals surface area contributed by atoms with E-state index in [9.17, 15) is 8.78 Å². The van der Waals surface area contributed by atoms with Gasteiger partial charge < -0.3 is 24.6 Å². The number of nitrogens with one attached hydrogen (secondary N) is 1. The van der Waals surface area contributed by atoms with Crippen molar-refractivity contribution in [2.24, 2.45) is 0 Å². The molecule has 0 amide bonds. The zero-order valence-corrected chi connectivity index (χ0v) is 17.8. The first-order chi connectivity index (χ1) is 14.4. The quantitative estimate of drug-likeness (QED) is 0.794. The zero-order chi connectivity index (χ0) is 21.3. The van der Waals surface area contributed by atoms with Crippen molar-refractivity contribution in [3.63, 3.8) is 0 Å². The molecule has 164 valence electrons. The van der Waals surface area contributed by atoms with Crippen molar-refractivity contribution in [2.45, 2.75) is 37.6 Å². The van der Waals surface area contributed by atoms with Crippen molar-refractivity contribution in [3.8, 4) is 11.5 Å². The lowest BCUT2D eigenvalue weighted by molar-refractivity contribution is -0.0222. The van der Waals surface area contributed by atoms with Gasteiger partial charge in [0, 0.05) is 43.4 Å². The van der Waals surface area contributed by atoms with Gasteiger partial charge in [0.25, 0.3) is 5.92 Å². The molecule has 2 saturated heterocycles. The number of ether oxygens (including phenoxy) is 2. The van der Waals surface area contributed by atoms with Crippen LogP contribution in [0.25, 0.3) is 10.9 Å². The lowest BCUT2D eigenvalue weighted by Gasteiger charge is -2.33. The van der Waals surface area contributed by atoms with E-state index in [1.807, 2.05) is 17.0 Å². The summed E-state index contributed by atoms with van der Waals surface area (Å²) in [5.41, 5.74) is 0.699. The average molecular weight is 421 g/mol. The molecule has 4 rings (SSSR count). The number of hydrogen-bond acceptors (Lipinski definition) is 7. The van der Waals surface area contributed by atoms with Gasteiger partial charge >= 0.3 is 0 Å². The normalized spacial score (nSPS) is 20.4. The highest BCUT2D eigenvalue weighted by atomic mass is 19.3. The summed E-state index contributed by atoms with van der Waals surface area (Å²) in [6, 6.07) is 3.99. The second-order valence-corrected chi connectivity index (χ2v) is 8.16. The van der Waals surface area contributed by atoms with Gasteiger partial charge in [-0.2, -0.15) is 4.98 Å². The summed E-state index contributed by atoms with van der Waals surface area (Å²) in [6.45, 7) is 2.51. The van der Waals surface area contributed by atoms with Crippen LogP contribution in [0.3, 0.4) is 0 Å². The fourth-order valence-electron chi connectivity index (χ4n) is 4.07. The Hall–Kier alpha value is -2.42. The number of nitrogens with zero attached hydrogens (tertiary/aromatic N) is 4. The van der Waals surface area contributed by atoms with Gasteiger partial charge in [-0.05, 0) is 39.0 Å². The Bertz CT molecular complexity index is 893. The van der Waals surface area contributed by atoms with E-state index < -0.39 is 5.92 Å². The highest BCUT2D eigenvalue weighted by Crippen LogP contribution is 2.36. The molecule has 9 heteroatoms. The van der Waals surface area contributed by atoms with Gasteiger partial charge in [-0.1, -0.05) is 0 Å². The molecule has 0 saturated carbocycles. The standard InChI is InChI=1S/C21H29F2N5O2/c1-27-8-4-14(5-9-27)24-19-15-12-17(29-2)18(30-3)13-16(15)25-20(26-19)28-10-6-21(22,23)7-11-28/h12-14H,4-11H2,1-3H3,(H,24,25,26). The summed E-state index contributed by atoms with van der Waals surface area (Å²) in [6.07, 6.45) is 1.66. The van der Waals surface area contributed by atoms with E-state index in [0.29, 0.717) is 34.8 Å². The van der Waals surface area contributed by atoms with Gasteiger partial charge in [-0.25, -0.2) is 13.8 Å². The first kappa shape index (κ1) is 20.8. The van der Waals surface area contributed by atoms with E-state index in [1.165, 1.54) is 0 Å². The number of hydrogen-bond donors (Lipinski definition) is 1. The molecule has 3 heterocycles. The van der Waals surface area contributed by atoms with E-state index in [4.69, 9.17) is 14.5 Å². The van der Waals surface area contributed by atoms with E-state index in [0.717, 1.165) is 31.3 Å². The Morgan fingerprint density at radius 1 is 1.00 bits per heavy atom. The maximum absolute atomic E-state index is 13.6. The lowest BCUT2D eigenvalue weighted by Crippen LogP contribution is -2.40. The van der Waals surface area contributed by atoms with Crippen LogP contribution >= 0.6 is 0 Å². The van der Waals surface area contributed by atoms with Crippen LogP contribution in [0.5, 0.6) is 11.5 Å². The molecule has 0 bridgehead atoms. The highest BCUT2D eigenvalue weighted by molar-refractivity contribution is 5.93. The van der Waals surface area contributed by atoms with Crippen LogP contribution in [-0.4, -0.2) is 74.3 Å². The first-order valence-corrected chi connectivity index (χ1v) is 10.4. The molecule has 0 radical (unpaired) electrons. The minimum absolute atomic E-state index is 0.182. The molecule has 30 heavy (non-hydrogen) atoms. The molecule has 1 aromatic carbocycles. The molecule has 7 nitrogen and oxygen atoms in total. The smallest absolute Gasteiger partial charge is 0.251 e. The van der Waals surface area contributed by atoms with Gasteiger partial charge in [0.2, 0.25) is 5.95 Å². The third kappa shape index (κ3) is 4.35. The summed E-state index contributed by atoms with van der Waals surface area (Å²) in [7, 11) is 5.30. The third-order valence-electron chi connectivity index (χ3n) is 6.03. The van der Waals surface area contributed by atoms with Crippen LogP contribution in [0, 0.1) is 0 Å². The molecule has 0 aliphatic carbocycles. The van der Waals surface area contributed by atoms with Crippen LogP contribution in [0.1, 0.15) is 25.7 Å². The number of benzene rings is 1.